The molecule has 0 aromatic heterocycles. The average Bonchev–Trinajstić information content (AvgIpc) is 2.72. The number of allylic oxidation sites excluding steroid dienone is 5. The van der Waals surface area contributed by atoms with Gasteiger partial charge in [-0.25, -0.2) is 4.39 Å². The summed E-state index contributed by atoms with van der Waals surface area (Å²) in [5.74, 6) is -0.701. The number of carbonyl (C=O) groups excluding carboxylic acids is 1. The SMILES string of the molecule is C#C.C=CC.CC/C=C(C(=O)c1cccc(C)c1F)\C(CC)=C(\C)NCCOC. The van der Waals surface area contributed by atoms with Gasteiger partial charge in [0.1, 0.15) is 5.82 Å². The van der Waals surface area contributed by atoms with E-state index in [1.54, 1.807) is 38.3 Å². The molecule has 0 fully saturated rings. The van der Waals surface area contributed by atoms with Gasteiger partial charge >= 0.3 is 0 Å². The summed E-state index contributed by atoms with van der Waals surface area (Å²) in [5.41, 5.74) is 3.03. The van der Waals surface area contributed by atoms with E-state index in [0.717, 1.165) is 11.3 Å². The van der Waals surface area contributed by atoms with Crippen molar-refractivity contribution < 1.29 is 13.9 Å². The highest BCUT2D eigenvalue weighted by Crippen LogP contribution is 2.24. The number of terminal acetylenes is 1. The summed E-state index contributed by atoms with van der Waals surface area (Å²) >= 11 is 0. The Bertz CT molecular complexity index is 715. The van der Waals surface area contributed by atoms with Gasteiger partial charge in [0.15, 0.2) is 5.78 Å². The summed E-state index contributed by atoms with van der Waals surface area (Å²) in [5, 5.41) is 3.27. The third-order valence-corrected chi connectivity index (χ3v) is 3.92. The Morgan fingerprint density at radius 2 is 1.90 bits per heavy atom. The summed E-state index contributed by atoms with van der Waals surface area (Å²) in [6.07, 6.45) is 13.0. The van der Waals surface area contributed by atoms with Crippen LogP contribution in [0.5, 0.6) is 0 Å². The fourth-order valence-electron chi connectivity index (χ4n) is 2.63. The molecule has 0 bridgehead atoms. The zero-order valence-electron chi connectivity index (χ0n) is 18.8. The van der Waals surface area contributed by atoms with Crippen molar-refractivity contribution in [1.82, 2.24) is 5.32 Å². The monoisotopic (exact) mass is 401 g/mol. The van der Waals surface area contributed by atoms with E-state index in [1.165, 1.54) is 0 Å². The molecule has 160 valence electrons. The molecular weight excluding hydrogens is 365 g/mol. The van der Waals surface area contributed by atoms with Crippen LogP contribution in [0.15, 0.2) is 53.8 Å². The first-order valence-corrected chi connectivity index (χ1v) is 9.72. The lowest BCUT2D eigenvalue weighted by atomic mass is 9.92. The normalized spacial score (nSPS) is 11.1. The minimum atomic E-state index is -0.440. The van der Waals surface area contributed by atoms with E-state index in [2.05, 4.69) is 24.7 Å². The summed E-state index contributed by atoms with van der Waals surface area (Å²) in [7, 11) is 1.65. The van der Waals surface area contributed by atoms with Gasteiger partial charge in [-0.05, 0) is 50.8 Å². The number of halogens is 1. The highest BCUT2D eigenvalue weighted by Gasteiger charge is 2.20. The van der Waals surface area contributed by atoms with Gasteiger partial charge in [0.2, 0.25) is 0 Å². The molecule has 4 heteroatoms. The van der Waals surface area contributed by atoms with Gasteiger partial charge < -0.3 is 10.1 Å². The lowest BCUT2D eigenvalue weighted by molar-refractivity contribution is 0.103. The summed E-state index contributed by atoms with van der Waals surface area (Å²) < 4.78 is 19.4. The maximum atomic E-state index is 14.4. The van der Waals surface area contributed by atoms with Gasteiger partial charge in [0, 0.05) is 24.9 Å². The summed E-state index contributed by atoms with van der Waals surface area (Å²) in [6.45, 7) is 14.1. The molecule has 0 unspecified atom stereocenters. The lowest BCUT2D eigenvalue weighted by Gasteiger charge is -2.16. The molecule has 0 aliphatic heterocycles. The van der Waals surface area contributed by atoms with Crippen molar-refractivity contribution in [1.29, 1.82) is 0 Å². The van der Waals surface area contributed by atoms with Crippen molar-refractivity contribution in [3.05, 3.63) is 70.7 Å². The van der Waals surface area contributed by atoms with E-state index >= 15 is 0 Å². The predicted molar refractivity (Wildman–Crippen MR) is 122 cm³/mol. The highest BCUT2D eigenvalue weighted by atomic mass is 19.1. The summed E-state index contributed by atoms with van der Waals surface area (Å²) in [4.78, 5) is 12.9. The van der Waals surface area contributed by atoms with Crippen LogP contribution in [0.1, 0.15) is 56.5 Å². The van der Waals surface area contributed by atoms with Gasteiger partial charge in [0.25, 0.3) is 0 Å². The molecule has 0 atom stereocenters. The van der Waals surface area contributed by atoms with Crippen molar-refractivity contribution in [3.8, 4) is 12.8 Å². The van der Waals surface area contributed by atoms with E-state index in [-0.39, 0.29) is 11.3 Å². The van der Waals surface area contributed by atoms with E-state index in [9.17, 15) is 9.18 Å². The van der Waals surface area contributed by atoms with E-state index in [4.69, 9.17) is 4.74 Å². The molecular formula is C25H36FNO2. The molecule has 1 rings (SSSR count). The van der Waals surface area contributed by atoms with Crippen LogP contribution in [0, 0.1) is 25.6 Å². The van der Waals surface area contributed by atoms with Gasteiger partial charge in [0.05, 0.1) is 12.2 Å². The van der Waals surface area contributed by atoms with Crippen molar-refractivity contribution in [2.45, 2.75) is 47.5 Å². The quantitative estimate of drug-likeness (QED) is 0.137. The number of carbonyl (C=O) groups is 1. The third kappa shape index (κ3) is 9.91. The molecule has 1 aromatic carbocycles. The van der Waals surface area contributed by atoms with E-state index in [0.29, 0.717) is 37.1 Å². The van der Waals surface area contributed by atoms with Gasteiger partial charge in [-0.15, -0.1) is 19.4 Å². The Morgan fingerprint density at radius 3 is 2.38 bits per heavy atom. The molecule has 0 saturated carbocycles. The standard InChI is InChI=1S/C20H28FNO2.C3H6.C2H2/c1-6-9-17(16(7-2)15(4)22-12-13-24-5)20(23)18-11-8-10-14(3)19(18)21;1-3-2;1-2/h8-11,22H,6-7,12-13H2,1-5H3;3H,1H2,2H3;1-2H/b16-15-,17-9+;;. The van der Waals surface area contributed by atoms with Crippen LogP contribution in [0.4, 0.5) is 4.39 Å². The molecule has 0 saturated heterocycles. The fraction of sp³-hybridized carbons (Fsp3) is 0.400. The van der Waals surface area contributed by atoms with Gasteiger partial charge in [-0.2, -0.15) is 0 Å². The Morgan fingerprint density at radius 1 is 1.31 bits per heavy atom. The minimum absolute atomic E-state index is 0.130. The minimum Gasteiger partial charge on any atom is -0.386 e. The average molecular weight is 402 g/mol. The second-order valence-corrected chi connectivity index (χ2v) is 6.08. The number of hydrogen-bond donors (Lipinski definition) is 1. The molecule has 0 aliphatic carbocycles. The molecule has 0 amide bonds. The van der Waals surface area contributed by atoms with Crippen LogP contribution in [0.3, 0.4) is 0 Å². The van der Waals surface area contributed by atoms with Crippen LogP contribution >= 0.6 is 0 Å². The van der Waals surface area contributed by atoms with Crippen LogP contribution in [-0.2, 0) is 4.74 Å². The number of nitrogens with one attached hydrogen (secondary N) is 1. The number of benzene rings is 1. The number of ketones is 1. The molecule has 0 heterocycles. The summed E-state index contributed by atoms with van der Waals surface area (Å²) in [6, 6.07) is 4.94. The van der Waals surface area contributed by atoms with Crippen molar-refractivity contribution in [2.24, 2.45) is 0 Å². The maximum Gasteiger partial charge on any atom is 0.195 e. The topological polar surface area (TPSA) is 38.3 Å². The van der Waals surface area contributed by atoms with Crippen LogP contribution in [0.2, 0.25) is 0 Å². The van der Waals surface area contributed by atoms with Crippen molar-refractivity contribution in [3.63, 3.8) is 0 Å². The first kappa shape index (κ1) is 28.6. The molecule has 0 spiro atoms. The zero-order chi connectivity index (χ0) is 22.8. The fourth-order valence-corrected chi connectivity index (χ4v) is 2.63. The van der Waals surface area contributed by atoms with Crippen LogP contribution in [0.25, 0.3) is 0 Å². The third-order valence-electron chi connectivity index (χ3n) is 3.92. The number of methoxy groups -OCH3 is 1. The van der Waals surface area contributed by atoms with Gasteiger partial charge in [-0.3, -0.25) is 4.79 Å². The van der Waals surface area contributed by atoms with Crippen molar-refractivity contribution in [2.75, 3.05) is 20.3 Å². The van der Waals surface area contributed by atoms with E-state index < -0.39 is 5.82 Å². The largest absolute Gasteiger partial charge is 0.386 e. The van der Waals surface area contributed by atoms with Crippen LogP contribution < -0.4 is 5.32 Å². The molecule has 0 aliphatic rings. The number of aryl methyl sites for hydroxylation is 1. The second-order valence-electron chi connectivity index (χ2n) is 6.08. The Kier molecular flexibility index (Phi) is 17.2. The smallest absolute Gasteiger partial charge is 0.195 e. The first-order valence-electron chi connectivity index (χ1n) is 9.72. The zero-order valence-corrected chi connectivity index (χ0v) is 18.8. The number of Topliss-reactive ketones (excluding diaryl/α,β-unsaturated/α-hetero) is 1. The number of hydrogen-bond acceptors (Lipinski definition) is 3. The van der Waals surface area contributed by atoms with Crippen molar-refractivity contribution >= 4 is 5.78 Å². The van der Waals surface area contributed by atoms with E-state index in [1.807, 2.05) is 33.8 Å². The number of ether oxygens (including phenoxy) is 1. The maximum absolute atomic E-state index is 14.4. The number of rotatable bonds is 9. The Labute approximate surface area is 176 Å². The Balaban J connectivity index is 0. The van der Waals surface area contributed by atoms with Crippen LogP contribution in [-0.4, -0.2) is 26.0 Å². The molecule has 3 nitrogen and oxygen atoms in total. The second kappa shape index (κ2) is 17.5. The Hall–Kier alpha value is -2.64. The lowest BCUT2D eigenvalue weighted by Crippen LogP contribution is -2.20. The molecule has 1 N–H and O–H groups in total. The predicted octanol–water partition coefficient (Wildman–Crippen LogP) is 6.01. The highest BCUT2D eigenvalue weighted by molar-refractivity contribution is 6.11. The molecule has 0 radical (unpaired) electrons. The molecule has 29 heavy (non-hydrogen) atoms. The van der Waals surface area contributed by atoms with Gasteiger partial charge in [-0.1, -0.05) is 38.1 Å². The first-order chi connectivity index (χ1) is 13.9. The molecule has 1 aromatic rings.